The second-order valence-corrected chi connectivity index (χ2v) is 7.42. The third-order valence-corrected chi connectivity index (χ3v) is 5.57. The minimum atomic E-state index is -2.20. The fraction of sp³-hybridized carbons (Fsp3) is 0.278. The van der Waals surface area contributed by atoms with Crippen LogP contribution in [-0.2, 0) is 11.3 Å². The molecular formula is C18H20N7O3S-. The number of rotatable bonds is 5. The maximum atomic E-state index is 11.2. The maximum Gasteiger partial charge on any atom is 0.203 e. The van der Waals surface area contributed by atoms with Gasteiger partial charge in [0.15, 0.2) is 11.6 Å². The molecule has 1 aliphatic heterocycles. The van der Waals surface area contributed by atoms with Gasteiger partial charge in [0.25, 0.3) is 0 Å². The van der Waals surface area contributed by atoms with Crippen LogP contribution in [0.1, 0.15) is 0 Å². The van der Waals surface area contributed by atoms with E-state index in [0.717, 1.165) is 16.8 Å². The predicted octanol–water partition coefficient (Wildman–Crippen LogP) is 1.04. The molecule has 1 saturated heterocycles. The molecule has 0 radical (unpaired) electrons. The Morgan fingerprint density at radius 1 is 1.21 bits per heavy atom. The van der Waals surface area contributed by atoms with Crippen LogP contribution in [0.3, 0.4) is 0 Å². The number of ether oxygens (including phenoxy) is 1. The number of pyridine rings is 2. The molecule has 0 aromatic carbocycles. The summed E-state index contributed by atoms with van der Waals surface area (Å²) in [6, 6.07) is 5.58. The van der Waals surface area contributed by atoms with E-state index in [0.29, 0.717) is 49.4 Å². The highest BCUT2D eigenvalue weighted by molar-refractivity contribution is 7.76. The number of hydrogen-bond donors (Lipinski definition) is 2. The monoisotopic (exact) mass is 414 g/mol. The zero-order chi connectivity index (χ0) is 20.4. The molecule has 0 saturated carbocycles. The Kier molecular flexibility index (Phi) is 5.43. The Morgan fingerprint density at radius 3 is 2.59 bits per heavy atom. The van der Waals surface area contributed by atoms with Crippen molar-refractivity contribution < 1.29 is 13.5 Å². The first-order valence-electron chi connectivity index (χ1n) is 8.96. The summed E-state index contributed by atoms with van der Waals surface area (Å²) in [6.07, 6.45) is 5.08. The van der Waals surface area contributed by atoms with Crippen LogP contribution in [0.2, 0.25) is 0 Å². The number of nitrogens with zero attached hydrogens (tertiary/aromatic N) is 5. The van der Waals surface area contributed by atoms with Crippen molar-refractivity contribution in [2.24, 2.45) is 0 Å². The van der Waals surface area contributed by atoms with Crippen molar-refractivity contribution in [3.8, 4) is 28.3 Å². The van der Waals surface area contributed by atoms with Gasteiger partial charge in [-0.25, -0.2) is 14.3 Å². The molecule has 1 fully saturated rings. The van der Waals surface area contributed by atoms with Gasteiger partial charge in [-0.1, -0.05) is 0 Å². The van der Waals surface area contributed by atoms with Crippen LogP contribution in [0.4, 0.5) is 11.8 Å². The normalized spacial score (nSPS) is 16.0. The molecule has 4 rings (SSSR count). The van der Waals surface area contributed by atoms with Gasteiger partial charge >= 0.3 is 0 Å². The highest BCUT2D eigenvalue weighted by Crippen LogP contribution is 2.34. The zero-order valence-electron chi connectivity index (χ0n) is 15.7. The first kappa shape index (κ1) is 19.3. The zero-order valence-corrected chi connectivity index (χ0v) is 16.6. The van der Waals surface area contributed by atoms with E-state index in [1.807, 2.05) is 17.0 Å². The van der Waals surface area contributed by atoms with Crippen molar-refractivity contribution in [2.75, 3.05) is 43.9 Å². The molecule has 4 heterocycles. The van der Waals surface area contributed by atoms with Gasteiger partial charge < -0.3 is 24.9 Å². The van der Waals surface area contributed by atoms with Crippen molar-refractivity contribution in [3.05, 3.63) is 36.8 Å². The molecule has 1 unspecified atom stereocenters. The summed E-state index contributed by atoms with van der Waals surface area (Å²) in [5.74, 6) is 1.44. The molecule has 152 valence electrons. The van der Waals surface area contributed by atoms with Crippen LogP contribution in [0.15, 0.2) is 36.8 Å². The molecule has 0 spiro atoms. The Labute approximate surface area is 170 Å². The molecule has 0 bridgehead atoms. The van der Waals surface area contributed by atoms with Crippen LogP contribution in [0.5, 0.6) is 5.75 Å². The van der Waals surface area contributed by atoms with Crippen molar-refractivity contribution >= 4 is 23.0 Å². The van der Waals surface area contributed by atoms with Crippen molar-refractivity contribution in [1.29, 1.82) is 0 Å². The van der Waals surface area contributed by atoms with Gasteiger partial charge in [-0.05, 0) is 18.2 Å². The van der Waals surface area contributed by atoms with Gasteiger partial charge in [0.2, 0.25) is 5.95 Å². The first-order chi connectivity index (χ1) is 14.1. The minimum Gasteiger partial charge on any atom is -0.760 e. The number of nitrogens with two attached hydrogens (primary N) is 1. The summed E-state index contributed by atoms with van der Waals surface area (Å²) in [5, 5.41) is 0. The van der Waals surface area contributed by atoms with E-state index in [4.69, 9.17) is 15.5 Å². The molecule has 3 aromatic heterocycles. The number of aromatic nitrogens is 4. The third kappa shape index (κ3) is 3.92. The lowest BCUT2D eigenvalue weighted by Crippen LogP contribution is -2.47. The maximum absolute atomic E-state index is 11.2. The van der Waals surface area contributed by atoms with E-state index in [2.05, 4.69) is 15.0 Å². The average molecular weight is 414 g/mol. The Bertz CT molecular complexity index is 1020. The second kappa shape index (κ2) is 8.15. The van der Waals surface area contributed by atoms with E-state index >= 15 is 0 Å². The predicted molar refractivity (Wildman–Crippen MR) is 109 cm³/mol. The van der Waals surface area contributed by atoms with Gasteiger partial charge in [0, 0.05) is 67.2 Å². The van der Waals surface area contributed by atoms with Crippen molar-refractivity contribution in [1.82, 2.24) is 24.2 Å². The summed E-state index contributed by atoms with van der Waals surface area (Å²) in [4.78, 5) is 18.5. The van der Waals surface area contributed by atoms with E-state index in [9.17, 15) is 8.76 Å². The smallest absolute Gasteiger partial charge is 0.203 e. The summed E-state index contributed by atoms with van der Waals surface area (Å²) in [7, 11) is 1.54. The number of methoxy groups -OCH3 is 1. The Balaban J connectivity index is 1.73. The molecule has 1 aliphatic rings. The number of hydrogen-bond acceptors (Lipinski definition) is 8. The van der Waals surface area contributed by atoms with Crippen LogP contribution in [0, 0.1) is 0 Å². The van der Waals surface area contributed by atoms with E-state index < -0.39 is 11.3 Å². The molecular weight excluding hydrogens is 394 g/mol. The Morgan fingerprint density at radius 2 is 1.93 bits per heavy atom. The lowest BCUT2D eigenvalue weighted by atomic mass is 10.1. The number of piperazine rings is 1. The van der Waals surface area contributed by atoms with Crippen LogP contribution in [-0.4, -0.2) is 66.3 Å². The fourth-order valence-electron chi connectivity index (χ4n) is 3.24. The van der Waals surface area contributed by atoms with Crippen molar-refractivity contribution in [2.45, 2.75) is 0 Å². The number of aromatic amines is 1. The molecule has 0 aliphatic carbocycles. The SMILES string of the molecule is COc1cc(-c2nc(N3CCN(S(=O)[O-])CC3)[nH]c2-c2ccncc2)cnc1N. The summed E-state index contributed by atoms with van der Waals surface area (Å²) < 4.78 is 29.0. The molecule has 1 atom stereocenters. The second-order valence-electron chi connectivity index (χ2n) is 6.46. The molecule has 3 aromatic rings. The highest BCUT2D eigenvalue weighted by atomic mass is 32.2. The average Bonchev–Trinajstić information content (AvgIpc) is 3.20. The quantitative estimate of drug-likeness (QED) is 0.591. The molecule has 3 N–H and O–H groups in total. The fourth-order valence-corrected chi connectivity index (χ4v) is 3.71. The lowest BCUT2D eigenvalue weighted by molar-refractivity contribution is 0.365. The van der Waals surface area contributed by atoms with Gasteiger partial charge in [-0.3, -0.25) is 9.19 Å². The number of nitrogen functional groups attached to an aromatic ring is 1. The standard InChI is InChI=1S/C18H21N7O3S/c1-28-14-10-13(11-21-17(14)19)16-15(12-2-4-20-5-3-12)22-18(23-16)24-6-8-25(9-7-24)29(26)27/h2-5,10-11H,6-9H2,1H3,(H2,19,21)(H,22,23)(H,26,27)/p-1. The topological polar surface area (TPSA) is 136 Å². The number of nitrogens with one attached hydrogen (secondary N) is 1. The van der Waals surface area contributed by atoms with E-state index in [-0.39, 0.29) is 0 Å². The van der Waals surface area contributed by atoms with Gasteiger partial charge in [0.05, 0.1) is 12.8 Å². The highest BCUT2D eigenvalue weighted by Gasteiger charge is 2.23. The third-order valence-electron chi connectivity index (χ3n) is 4.78. The summed E-state index contributed by atoms with van der Waals surface area (Å²) in [6.45, 7) is 1.90. The van der Waals surface area contributed by atoms with Crippen molar-refractivity contribution in [3.63, 3.8) is 0 Å². The number of H-pyrrole nitrogens is 1. The van der Waals surface area contributed by atoms with E-state index in [1.165, 1.54) is 11.4 Å². The van der Waals surface area contributed by atoms with Crippen LogP contribution < -0.4 is 15.4 Å². The Hall–Kier alpha value is -3.02. The number of anilines is 2. The van der Waals surface area contributed by atoms with E-state index in [1.54, 1.807) is 24.7 Å². The number of imidazole rings is 1. The van der Waals surface area contributed by atoms with Crippen LogP contribution >= 0.6 is 0 Å². The van der Waals surface area contributed by atoms with Gasteiger partial charge in [-0.15, -0.1) is 0 Å². The summed E-state index contributed by atoms with van der Waals surface area (Å²) >= 11 is -2.20. The molecule has 29 heavy (non-hydrogen) atoms. The lowest BCUT2D eigenvalue weighted by Gasteiger charge is -2.35. The molecule has 11 heteroatoms. The van der Waals surface area contributed by atoms with Crippen LogP contribution in [0.25, 0.3) is 22.5 Å². The van der Waals surface area contributed by atoms with Gasteiger partial charge in [0.1, 0.15) is 5.69 Å². The summed E-state index contributed by atoms with van der Waals surface area (Å²) in [5.41, 5.74) is 9.04. The first-order valence-corrected chi connectivity index (χ1v) is 9.99. The molecule has 0 amide bonds. The van der Waals surface area contributed by atoms with Gasteiger partial charge in [-0.2, -0.15) is 0 Å². The largest absolute Gasteiger partial charge is 0.760 e. The molecule has 10 nitrogen and oxygen atoms in total. The minimum absolute atomic E-state index is 0.305.